The zero-order chi connectivity index (χ0) is 10.4. The lowest BCUT2D eigenvalue weighted by Gasteiger charge is -2.09. The Hall–Kier alpha value is -1.59. The number of ether oxygens (including phenoxy) is 1. The first-order chi connectivity index (χ1) is 6.79. The van der Waals surface area contributed by atoms with Gasteiger partial charge in [-0.1, -0.05) is 12.1 Å². The van der Waals surface area contributed by atoms with Gasteiger partial charge in [0, 0.05) is 5.69 Å². The Kier molecular flexibility index (Phi) is 3.90. The van der Waals surface area contributed by atoms with Gasteiger partial charge in [0.1, 0.15) is 0 Å². The second kappa shape index (κ2) is 5.21. The van der Waals surface area contributed by atoms with Crippen LogP contribution in [-0.4, -0.2) is 19.7 Å². The minimum absolute atomic E-state index is 0.370. The van der Waals surface area contributed by atoms with Crippen molar-refractivity contribution in [1.82, 2.24) is 5.43 Å². The zero-order valence-corrected chi connectivity index (χ0v) is 7.91. The Morgan fingerprint density at radius 2 is 2.21 bits per heavy atom. The summed E-state index contributed by atoms with van der Waals surface area (Å²) in [5, 5.41) is 2.94. The maximum absolute atomic E-state index is 11.3. The van der Waals surface area contributed by atoms with Crippen LogP contribution >= 0.6 is 0 Å². The van der Waals surface area contributed by atoms with Crippen LogP contribution in [0.4, 0.5) is 5.69 Å². The normalized spacial score (nSPS) is 9.57. The van der Waals surface area contributed by atoms with Gasteiger partial charge in [0.25, 0.3) is 0 Å². The molecule has 0 bridgehead atoms. The Morgan fingerprint density at radius 1 is 1.50 bits per heavy atom. The second-order valence-corrected chi connectivity index (χ2v) is 2.59. The van der Waals surface area contributed by atoms with Gasteiger partial charge >= 0.3 is 5.97 Å². The third-order valence-corrected chi connectivity index (χ3v) is 1.71. The van der Waals surface area contributed by atoms with Crippen LogP contribution in [0.25, 0.3) is 0 Å². The predicted molar refractivity (Wildman–Crippen MR) is 53.6 cm³/mol. The number of hydrogen-bond donors (Lipinski definition) is 3. The number of para-hydroxylation sites is 1. The molecule has 1 aromatic carbocycles. The SMILES string of the molecule is COC(=O)c1ccccc1NCNN. The Labute approximate surface area is 82.2 Å². The standard InChI is InChI=1S/C9H13N3O2/c1-14-9(13)7-4-2-3-5-8(7)11-6-12-10/h2-5,11-12H,6,10H2,1H3. The van der Waals surface area contributed by atoms with E-state index in [-0.39, 0.29) is 5.97 Å². The molecule has 0 aliphatic heterocycles. The fraction of sp³-hybridized carbons (Fsp3) is 0.222. The Morgan fingerprint density at radius 3 is 2.86 bits per heavy atom. The summed E-state index contributed by atoms with van der Waals surface area (Å²) in [6, 6.07) is 7.06. The number of benzene rings is 1. The average Bonchev–Trinajstić information content (AvgIpc) is 2.25. The van der Waals surface area contributed by atoms with Gasteiger partial charge < -0.3 is 10.1 Å². The molecule has 5 heteroatoms. The van der Waals surface area contributed by atoms with Crippen molar-refractivity contribution in [2.45, 2.75) is 0 Å². The van der Waals surface area contributed by atoms with E-state index >= 15 is 0 Å². The second-order valence-electron chi connectivity index (χ2n) is 2.59. The highest BCUT2D eigenvalue weighted by Crippen LogP contribution is 2.14. The van der Waals surface area contributed by atoms with Crippen molar-refractivity contribution in [3.8, 4) is 0 Å². The van der Waals surface area contributed by atoms with E-state index in [1.165, 1.54) is 7.11 Å². The number of esters is 1. The molecule has 5 nitrogen and oxygen atoms in total. The molecule has 0 aliphatic carbocycles. The first-order valence-corrected chi connectivity index (χ1v) is 4.14. The number of hydrogen-bond acceptors (Lipinski definition) is 5. The lowest BCUT2D eigenvalue weighted by molar-refractivity contribution is 0.0602. The van der Waals surface area contributed by atoms with Crippen LogP contribution in [0.2, 0.25) is 0 Å². The van der Waals surface area contributed by atoms with Crippen LogP contribution in [-0.2, 0) is 4.74 Å². The van der Waals surface area contributed by atoms with Crippen LogP contribution in [0, 0.1) is 0 Å². The van der Waals surface area contributed by atoms with Gasteiger partial charge in [0.15, 0.2) is 0 Å². The lowest BCUT2D eigenvalue weighted by Crippen LogP contribution is -2.28. The number of hydrazine groups is 1. The smallest absolute Gasteiger partial charge is 0.339 e. The van der Waals surface area contributed by atoms with Gasteiger partial charge in [-0.3, -0.25) is 5.84 Å². The number of carbonyl (C=O) groups is 1. The number of methoxy groups -OCH3 is 1. The van der Waals surface area contributed by atoms with E-state index in [2.05, 4.69) is 15.5 Å². The van der Waals surface area contributed by atoms with Crippen LogP contribution in [0.15, 0.2) is 24.3 Å². The summed E-state index contributed by atoms with van der Waals surface area (Å²) < 4.78 is 4.63. The minimum Gasteiger partial charge on any atom is -0.465 e. The molecule has 0 heterocycles. The maximum Gasteiger partial charge on any atom is 0.339 e. The fourth-order valence-electron chi connectivity index (χ4n) is 1.07. The Bertz CT molecular complexity index is 315. The average molecular weight is 195 g/mol. The number of anilines is 1. The molecule has 0 saturated carbocycles. The Balaban J connectivity index is 2.85. The topological polar surface area (TPSA) is 76.4 Å². The number of rotatable bonds is 4. The van der Waals surface area contributed by atoms with E-state index in [9.17, 15) is 4.79 Å². The molecule has 1 aromatic rings. The van der Waals surface area contributed by atoms with Gasteiger partial charge in [-0.15, -0.1) is 0 Å². The molecule has 0 fully saturated rings. The summed E-state index contributed by atoms with van der Waals surface area (Å²) in [7, 11) is 1.35. The number of nitrogens with one attached hydrogen (secondary N) is 2. The summed E-state index contributed by atoms with van der Waals surface area (Å²) in [4.78, 5) is 11.3. The van der Waals surface area contributed by atoms with Gasteiger partial charge in [0.2, 0.25) is 0 Å². The van der Waals surface area contributed by atoms with E-state index in [4.69, 9.17) is 5.84 Å². The molecule has 0 spiro atoms. The molecule has 0 atom stereocenters. The highest BCUT2D eigenvalue weighted by atomic mass is 16.5. The van der Waals surface area contributed by atoms with Crippen molar-refractivity contribution >= 4 is 11.7 Å². The zero-order valence-electron chi connectivity index (χ0n) is 7.91. The summed E-state index contributed by atoms with van der Waals surface area (Å²) in [6.45, 7) is 0.383. The van der Waals surface area contributed by atoms with E-state index in [1.807, 2.05) is 6.07 Å². The molecule has 1 rings (SSSR count). The molecule has 0 saturated heterocycles. The molecule has 0 radical (unpaired) electrons. The maximum atomic E-state index is 11.3. The van der Waals surface area contributed by atoms with E-state index in [0.717, 1.165) is 0 Å². The highest BCUT2D eigenvalue weighted by Gasteiger charge is 2.09. The van der Waals surface area contributed by atoms with Crippen LogP contribution in [0.1, 0.15) is 10.4 Å². The van der Waals surface area contributed by atoms with E-state index in [0.29, 0.717) is 17.9 Å². The summed E-state index contributed by atoms with van der Waals surface area (Å²) in [5.41, 5.74) is 3.62. The summed E-state index contributed by atoms with van der Waals surface area (Å²) in [6.07, 6.45) is 0. The quantitative estimate of drug-likeness (QED) is 0.279. The van der Waals surface area contributed by atoms with Gasteiger partial charge in [-0.05, 0) is 12.1 Å². The first kappa shape index (κ1) is 10.5. The van der Waals surface area contributed by atoms with Crippen molar-refractivity contribution in [3.63, 3.8) is 0 Å². The van der Waals surface area contributed by atoms with Gasteiger partial charge in [-0.2, -0.15) is 0 Å². The van der Waals surface area contributed by atoms with Crippen molar-refractivity contribution in [2.75, 3.05) is 19.1 Å². The first-order valence-electron chi connectivity index (χ1n) is 4.14. The molecule has 76 valence electrons. The van der Waals surface area contributed by atoms with Crippen molar-refractivity contribution < 1.29 is 9.53 Å². The third kappa shape index (κ3) is 2.45. The molecule has 4 N–H and O–H groups in total. The summed E-state index contributed by atoms with van der Waals surface area (Å²) >= 11 is 0. The monoisotopic (exact) mass is 195 g/mol. The third-order valence-electron chi connectivity index (χ3n) is 1.71. The molecular weight excluding hydrogens is 182 g/mol. The summed E-state index contributed by atoms with van der Waals surface area (Å²) in [5.74, 6) is 4.74. The van der Waals surface area contributed by atoms with Crippen molar-refractivity contribution in [3.05, 3.63) is 29.8 Å². The highest BCUT2D eigenvalue weighted by molar-refractivity contribution is 5.95. The number of nitrogens with two attached hydrogens (primary N) is 1. The molecule has 0 unspecified atom stereocenters. The van der Waals surface area contributed by atoms with Crippen LogP contribution < -0.4 is 16.6 Å². The fourth-order valence-corrected chi connectivity index (χ4v) is 1.07. The van der Waals surface area contributed by atoms with Crippen molar-refractivity contribution in [1.29, 1.82) is 0 Å². The van der Waals surface area contributed by atoms with E-state index < -0.39 is 0 Å². The van der Waals surface area contributed by atoms with Crippen LogP contribution in [0.5, 0.6) is 0 Å². The van der Waals surface area contributed by atoms with Crippen LogP contribution in [0.3, 0.4) is 0 Å². The minimum atomic E-state index is -0.370. The molecular formula is C9H13N3O2. The largest absolute Gasteiger partial charge is 0.465 e. The van der Waals surface area contributed by atoms with Crippen molar-refractivity contribution in [2.24, 2.45) is 5.84 Å². The number of carbonyl (C=O) groups excluding carboxylic acids is 1. The molecule has 0 amide bonds. The van der Waals surface area contributed by atoms with Gasteiger partial charge in [-0.25, -0.2) is 10.2 Å². The molecule has 14 heavy (non-hydrogen) atoms. The lowest BCUT2D eigenvalue weighted by atomic mass is 10.2. The molecule has 0 aliphatic rings. The molecule has 0 aromatic heterocycles. The van der Waals surface area contributed by atoms with Gasteiger partial charge in [0.05, 0.1) is 19.3 Å². The predicted octanol–water partition coefficient (Wildman–Crippen LogP) is 0.306. The van der Waals surface area contributed by atoms with E-state index in [1.54, 1.807) is 18.2 Å².